The van der Waals surface area contributed by atoms with E-state index in [9.17, 15) is 9.59 Å². The van der Waals surface area contributed by atoms with E-state index in [2.05, 4.69) is 15.1 Å². The fourth-order valence-corrected chi connectivity index (χ4v) is 3.85. The van der Waals surface area contributed by atoms with Crippen LogP contribution in [0.1, 0.15) is 18.2 Å². The van der Waals surface area contributed by atoms with Crippen LogP contribution in [-0.2, 0) is 11.8 Å². The minimum atomic E-state index is -0.192. The van der Waals surface area contributed by atoms with Gasteiger partial charge in [-0.05, 0) is 36.4 Å². The maximum absolute atomic E-state index is 12.5. The Morgan fingerprint density at radius 2 is 2.07 bits per heavy atom. The number of amides is 1. The number of anilines is 1. The fraction of sp³-hybridized carbons (Fsp3) is 0.200. The van der Waals surface area contributed by atoms with Crippen LogP contribution in [0.15, 0.2) is 51.8 Å². The molecule has 1 saturated heterocycles. The lowest BCUT2D eigenvalue weighted by atomic mass is 10.1. The summed E-state index contributed by atoms with van der Waals surface area (Å²) < 4.78 is 6.99. The molecule has 9 heteroatoms. The first-order valence-corrected chi connectivity index (χ1v) is 9.46. The monoisotopic (exact) mass is 409 g/mol. The number of nitrogens with zero attached hydrogens (tertiary/aromatic N) is 4. The summed E-state index contributed by atoms with van der Waals surface area (Å²) in [7, 11) is 1.70. The SMILES string of the molecule is Cn1c(=O)[nH]c2cc(-c3noc([C@H]4CC(=O)N(c5cccc(Cl)c5)C4)n3)ccc21. The highest BCUT2D eigenvalue weighted by Crippen LogP contribution is 2.33. The van der Waals surface area contributed by atoms with E-state index in [0.717, 1.165) is 16.8 Å². The van der Waals surface area contributed by atoms with Crippen LogP contribution in [0.5, 0.6) is 0 Å². The van der Waals surface area contributed by atoms with Gasteiger partial charge in [0.1, 0.15) is 0 Å². The third-order valence-corrected chi connectivity index (χ3v) is 5.43. The van der Waals surface area contributed by atoms with Crippen molar-refractivity contribution < 1.29 is 9.32 Å². The third kappa shape index (κ3) is 3.01. The lowest BCUT2D eigenvalue weighted by molar-refractivity contribution is -0.117. The lowest BCUT2D eigenvalue weighted by Crippen LogP contribution is -2.24. The number of carbonyl (C=O) groups excluding carboxylic acids is 1. The number of aromatic amines is 1. The second-order valence-electron chi connectivity index (χ2n) is 7.06. The standard InChI is InChI=1S/C20H16ClN5O3/c1-25-16-6-5-11(7-15(16)22-20(25)28)18-23-19(29-24-18)12-8-17(27)26(10-12)14-4-2-3-13(21)9-14/h2-7,9,12H,8,10H2,1H3,(H,22,28)/t12-/m0/s1. The predicted molar refractivity (Wildman–Crippen MR) is 108 cm³/mol. The van der Waals surface area contributed by atoms with Gasteiger partial charge in [-0.1, -0.05) is 22.8 Å². The molecular formula is C20H16ClN5O3. The van der Waals surface area contributed by atoms with Crippen molar-refractivity contribution in [2.24, 2.45) is 7.05 Å². The van der Waals surface area contributed by atoms with Gasteiger partial charge in [-0.2, -0.15) is 4.98 Å². The molecule has 4 aromatic rings. The summed E-state index contributed by atoms with van der Waals surface area (Å²) in [6.07, 6.45) is 0.291. The molecule has 2 aromatic heterocycles. The molecule has 1 amide bonds. The van der Waals surface area contributed by atoms with E-state index in [4.69, 9.17) is 16.1 Å². The van der Waals surface area contributed by atoms with Crippen LogP contribution < -0.4 is 10.6 Å². The fourth-order valence-electron chi connectivity index (χ4n) is 3.66. The number of aryl methyl sites for hydroxylation is 1. The van der Waals surface area contributed by atoms with Gasteiger partial charge in [0.15, 0.2) is 0 Å². The van der Waals surface area contributed by atoms with E-state index >= 15 is 0 Å². The molecule has 0 spiro atoms. The van der Waals surface area contributed by atoms with Gasteiger partial charge in [0, 0.05) is 36.3 Å². The van der Waals surface area contributed by atoms with Gasteiger partial charge in [0.25, 0.3) is 0 Å². The van der Waals surface area contributed by atoms with E-state index in [1.807, 2.05) is 30.3 Å². The maximum atomic E-state index is 12.5. The largest absolute Gasteiger partial charge is 0.339 e. The van der Waals surface area contributed by atoms with Gasteiger partial charge in [-0.15, -0.1) is 0 Å². The highest BCUT2D eigenvalue weighted by molar-refractivity contribution is 6.30. The zero-order chi connectivity index (χ0) is 20.1. The Morgan fingerprint density at radius 1 is 1.21 bits per heavy atom. The molecule has 3 heterocycles. The quantitative estimate of drug-likeness (QED) is 0.560. The molecule has 0 saturated carbocycles. The molecule has 1 aliphatic heterocycles. The van der Waals surface area contributed by atoms with E-state index < -0.39 is 0 Å². The molecule has 146 valence electrons. The lowest BCUT2D eigenvalue weighted by Gasteiger charge is -2.16. The molecule has 8 nitrogen and oxygen atoms in total. The number of carbonyl (C=O) groups is 1. The average molecular weight is 410 g/mol. The molecule has 0 bridgehead atoms. The molecule has 2 aromatic carbocycles. The minimum Gasteiger partial charge on any atom is -0.339 e. The number of hydrogen-bond acceptors (Lipinski definition) is 5. The number of benzene rings is 2. The summed E-state index contributed by atoms with van der Waals surface area (Å²) >= 11 is 6.05. The van der Waals surface area contributed by atoms with Crippen LogP contribution in [0.4, 0.5) is 5.69 Å². The van der Waals surface area contributed by atoms with Crippen LogP contribution in [0, 0.1) is 0 Å². The topological polar surface area (TPSA) is 97.0 Å². The molecule has 0 aliphatic carbocycles. The molecule has 0 unspecified atom stereocenters. The summed E-state index contributed by atoms with van der Waals surface area (Å²) in [5.41, 5.74) is 2.79. The van der Waals surface area contributed by atoms with E-state index in [0.29, 0.717) is 35.2 Å². The number of fused-ring (bicyclic) bond motifs is 1. The van der Waals surface area contributed by atoms with Crippen molar-refractivity contribution in [2.75, 3.05) is 11.4 Å². The van der Waals surface area contributed by atoms with Crippen molar-refractivity contribution in [3.8, 4) is 11.4 Å². The Morgan fingerprint density at radius 3 is 2.90 bits per heavy atom. The molecule has 1 atom stereocenters. The Balaban J connectivity index is 1.42. The molecule has 1 N–H and O–H groups in total. The van der Waals surface area contributed by atoms with Crippen LogP contribution in [0.2, 0.25) is 5.02 Å². The first-order chi connectivity index (χ1) is 14.0. The van der Waals surface area contributed by atoms with Crippen LogP contribution in [0.25, 0.3) is 22.4 Å². The van der Waals surface area contributed by atoms with Gasteiger partial charge in [0.05, 0.1) is 17.0 Å². The first kappa shape index (κ1) is 17.7. The van der Waals surface area contributed by atoms with Crippen LogP contribution in [0.3, 0.4) is 0 Å². The number of halogens is 1. The summed E-state index contributed by atoms with van der Waals surface area (Å²) in [4.78, 5) is 33.2. The molecule has 0 radical (unpaired) electrons. The smallest absolute Gasteiger partial charge is 0.326 e. The minimum absolute atomic E-state index is 0.0136. The molecule has 29 heavy (non-hydrogen) atoms. The third-order valence-electron chi connectivity index (χ3n) is 5.20. The van der Waals surface area contributed by atoms with E-state index in [1.165, 1.54) is 4.57 Å². The number of hydrogen-bond donors (Lipinski definition) is 1. The summed E-state index contributed by atoms with van der Waals surface area (Å²) in [6.45, 7) is 0.450. The van der Waals surface area contributed by atoms with Crippen molar-refractivity contribution in [3.05, 3.63) is 63.9 Å². The molecule has 1 aliphatic rings. The second kappa shape index (κ2) is 6.59. The summed E-state index contributed by atoms with van der Waals surface area (Å²) in [5, 5.41) is 4.65. The zero-order valence-electron chi connectivity index (χ0n) is 15.4. The van der Waals surface area contributed by atoms with Gasteiger partial charge in [0.2, 0.25) is 17.6 Å². The molecular weight excluding hydrogens is 394 g/mol. The summed E-state index contributed by atoms with van der Waals surface area (Å²) in [6, 6.07) is 12.7. The summed E-state index contributed by atoms with van der Waals surface area (Å²) in [5.74, 6) is 0.628. The highest BCUT2D eigenvalue weighted by Gasteiger charge is 2.35. The van der Waals surface area contributed by atoms with Crippen molar-refractivity contribution >= 4 is 34.2 Å². The first-order valence-electron chi connectivity index (χ1n) is 9.08. The van der Waals surface area contributed by atoms with Gasteiger partial charge < -0.3 is 14.4 Å². The Labute approximate surface area is 169 Å². The number of rotatable bonds is 3. The highest BCUT2D eigenvalue weighted by atomic mass is 35.5. The van der Waals surface area contributed by atoms with Crippen LogP contribution in [-0.4, -0.2) is 32.1 Å². The number of H-pyrrole nitrogens is 1. The van der Waals surface area contributed by atoms with Crippen molar-refractivity contribution in [2.45, 2.75) is 12.3 Å². The van der Waals surface area contributed by atoms with Gasteiger partial charge in [-0.3, -0.25) is 9.36 Å². The molecule has 1 fully saturated rings. The van der Waals surface area contributed by atoms with E-state index in [-0.39, 0.29) is 17.5 Å². The van der Waals surface area contributed by atoms with E-state index in [1.54, 1.807) is 24.1 Å². The second-order valence-corrected chi connectivity index (χ2v) is 7.50. The Kier molecular flexibility index (Phi) is 4.02. The van der Waals surface area contributed by atoms with Crippen molar-refractivity contribution in [3.63, 3.8) is 0 Å². The normalized spacial score (nSPS) is 16.8. The van der Waals surface area contributed by atoms with Crippen LogP contribution >= 0.6 is 11.6 Å². The number of aromatic nitrogens is 4. The van der Waals surface area contributed by atoms with Crippen molar-refractivity contribution in [1.82, 2.24) is 19.7 Å². The Bertz CT molecular complexity index is 1300. The zero-order valence-corrected chi connectivity index (χ0v) is 16.2. The Hall–Kier alpha value is -3.39. The van der Waals surface area contributed by atoms with Crippen molar-refractivity contribution in [1.29, 1.82) is 0 Å². The number of imidazole rings is 1. The molecule has 5 rings (SSSR count). The maximum Gasteiger partial charge on any atom is 0.326 e. The van der Waals surface area contributed by atoms with Gasteiger partial charge in [-0.25, -0.2) is 4.79 Å². The predicted octanol–water partition coefficient (Wildman–Crippen LogP) is 3.09. The number of nitrogens with one attached hydrogen (secondary N) is 1. The average Bonchev–Trinajstić information content (AvgIpc) is 3.40. The van der Waals surface area contributed by atoms with Gasteiger partial charge >= 0.3 is 5.69 Å².